The van der Waals surface area contributed by atoms with Gasteiger partial charge in [-0.1, -0.05) is 23.4 Å². The lowest BCUT2D eigenvalue weighted by Gasteiger charge is -2.03. The summed E-state index contributed by atoms with van der Waals surface area (Å²) < 4.78 is 0. The fraction of sp³-hybridized carbons (Fsp3) is 0.167. The van der Waals surface area contributed by atoms with Crippen molar-refractivity contribution in [3.8, 4) is 0 Å². The van der Waals surface area contributed by atoms with E-state index in [1.807, 2.05) is 25.3 Å². The van der Waals surface area contributed by atoms with Crippen LogP contribution in [0.25, 0.3) is 0 Å². The van der Waals surface area contributed by atoms with Gasteiger partial charge < -0.3 is 0 Å². The maximum atomic E-state index is 5.81. The average molecular weight is 294 g/mol. The maximum absolute atomic E-state index is 5.81. The predicted molar refractivity (Wildman–Crippen MR) is 78.9 cm³/mol. The zero-order valence-electron chi connectivity index (χ0n) is 10.5. The van der Waals surface area contributed by atoms with E-state index >= 15 is 0 Å². The second-order valence-electron chi connectivity index (χ2n) is 3.64. The summed E-state index contributed by atoms with van der Waals surface area (Å²) in [5.74, 6) is 0. The smallest absolute Gasteiger partial charge is 0.209 e. The predicted octanol–water partition coefficient (Wildman–Crippen LogP) is 3.08. The molecule has 0 saturated heterocycles. The second-order valence-corrected chi connectivity index (χ2v) is 4.85. The number of nitrogens with zero attached hydrogens (tertiary/aromatic N) is 4. The van der Waals surface area contributed by atoms with E-state index in [4.69, 9.17) is 11.6 Å². The molecule has 0 bridgehead atoms. The Morgan fingerprint density at radius 2 is 2.05 bits per heavy atom. The van der Waals surface area contributed by atoms with Crippen molar-refractivity contribution in [1.82, 2.24) is 15.2 Å². The SMILES string of the molecule is CSc1nncc(/C(C)=N/Nc2ccc(Cl)cc2)n1. The van der Waals surface area contributed by atoms with Crippen LogP contribution in [0.15, 0.2) is 40.7 Å². The van der Waals surface area contributed by atoms with E-state index in [1.54, 1.807) is 18.3 Å². The Morgan fingerprint density at radius 1 is 1.32 bits per heavy atom. The Kier molecular flexibility index (Phi) is 4.70. The summed E-state index contributed by atoms with van der Waals surface area (Å²) in [6.07, 6.45) is 3.49. The highest BCUT2D eigenvalue weighted by molar-refractivity contribution is 7.98. The highest BCUT2D eigenvalue weighted by atomic mass is 35.5. The van der Waals surface area contributed by atoms with Gasteiger partial charge in [-0.3, -0.25) is 5.43 Å². The highest BCUT2D eigenvalue weighted by Crippen LogP contribution is 2.13. The molecule has 0 aliphatic carbocycles. The Labute approximate surface area is 120 Å². The third kappa shape index (κ3) is 3.90. The van der Waals surface area contributed by atoms with Gasteiger partial charge in [-0.15, -0.1) is 5.10 Å². The maximum Gasteiger partial charge on any atom is 0.209 e. The summed E-state index contributed by atoms with van der Waals surface area (Å²) in [5, 5.41) is 13.3. The van der Waals surface area contributed by atoms with Crippen LogP contribution in [0.2, 0.25) is 5.02 Å². The molecule has 0 saturated carbocycles. The molecule has 0 unspecified atom stereocenters. The monoisotopic (exact) mass is 293 g/mol. The Bertz CT molecular complexity index is 585. The summed E-state index contributed by atoms with van der Waals surface area (Å²) in [4.78, 5) is 4.32. The minimum absolute atomic E-state index is 0.624. The first-order chi connectivity index (χ1) is 9.19. The first kappa shape index (κ1) is 13.8. The van der Waals surface area contributed by atoms with Crippen LogP contribution in [0.4, 0.5) is 5.69 Å². The number of nitrogens with one attached hydrogen (secondary N) is 1. The summed E-state index contributed by atoms with van der Waals surface area (Å²) in [5.41, 5.74) is 5.23. The number of thioether (sulfide) groups is 1. The molecular weight excluding hydrogens is 282 g/mol. The standard InChI is InChI=1S/C12H12ClN5S/c1-8(11-7-14-18-12(15-11)19-2)16-17-10-5-3-9(13)4-6-10/h3-7,17H,1-2H3/b16-8+. The van der Waals surface area contributed by atoms with Gasteiger partial charge in [0.05, 0.1) is 17.6 Å². The van der Waals surface area contributed by atoms with Crippen LogP contribution in [-0.2, 0) is 0 Å². The van der Waals surface area contributed by atoms with Crippen LogP contribution in [-0.4, -0.2) is 27.1 Å². The lowest BCUT2D eigenvalue weighted by Crippen LogP contribution is -2.05. The van der Waals surface area contributed by atoms with E-state index < -0.39 is 0 Å². The molecule has 0 aliphatic heterocycles. The van der Waals surface area contributed by atoms with E-state index in [0.29, 0.717) is 15.9 Å². The largest absolute Gasteiger partial charge is 0.278 e. The zero-order chi connectivity index (χ0) is 13.7. The van der Waals surface area contributed by atoms with Gasteiger partial charge in [0.2, 0.25) is 5.16 Å². The average Bonchev–Trinajstić information content (AvgIpc) is 2.46. The molecule has 98 valence electrons. The van der Waals surface area contributed by atoms with Gasteiger partial charge in [0.1, 0.15) is 5.69 Å². The minimum atomic E-state index is 0.624. The molecular formula is C12H12ClN5S. The number of hydrazone groups is 1. The van der Waals surface area contributed by atoms with Crippen molar-refractivity contribution in [1.29, 1.82) is 0 Å². The topological polar surface area (TPSA) is 63.1 Å². The molecule has 7 heteroatoms. The fourth-order valence-electron chi connectivity index (χ4n) is 1.28. The van der Waals surface area contributed by atoms with Gasteiger partial charge in [0, 0.05) is 5.02 Å². The van der Waals surface area contributed by atoms with Crippen LogP contribution in [0.3, 0.4) is 0 Å². The molecule has 1 N–H and O–H groups in total. The molecule has 2 rings (SSSR count). The lowest BCUT2D eigenvalue weighted by atomic mass is 10.3. The van der Waals surface area contributed by atoms with Crippen molar-refractivity contribution >= 4 is 34.8 Å². The number of benzene rings is 1. The van der Waals surface area contributed by atoms with Crippen LogP contribution in [0.5, 0.6) is 0 Å². The Hall–Kier alpha value is -1.66. The Morgan fingerprint density at radius 3 is 2.74 bits per heavy atom. The Balaban J connectivity index is 2.11. The van der Waals surface area contributed by atoms with E-state index in [1.165, 1.54) is 11.8 Å². The van der Waals surface area contributed by atoms with Crippen LogP contribution in [0.1, 0.15) is 12.6 Å². The molecule has 0 radical (unpaired) electrons. The third-order valence-corrected chi connectivity index (χ3v) is 3.08. The van der Waals surface area contributed by atoms with Crippen LogP contribution >= 0.6 is 23.4 Å². The molecule has 19 heavy (non-hydrogen) atoms. The van der Waals surface area contributed by atoms with Crippen molar-refractivity contribution in [2.75, 3.05) is 11.7 Å². The zero-order valence-corrected chi connectivity index (χ0v) is 12.0. The van der Waals surface area contributed by atoms with Gasteiger partial charge in [-0.05, 0) is 37.4 Å². The second kappa shape index (κ2) is 6.49. The van der Waals surface area contributed by atoms with Gasteiger partial charge >= 0.3 is 0 Å². The van der Waals surface area contributed by atoms with Crippen molar-refractivity contribution in [2.45, 2.75) is 12.1 Å². The molecule has 0 amide bonds. The number of rotatable bonds is 4. The summed E-state index contributed by atoms with van der Waals surface area (Å²) in [6.45, 7) is 1.86. The fourth-order valence-corrected chi connectivity index (χ4v) is 1.72. The molecule has 0 spiro atoms. The molecule has 1 aromatic carbocycles. The number of anilines is 1. The van der Waals surface area contributed by atoms with E-state index in [9.17, 15) is 0 Å². The minimum Gasteiger partial charge on any atom is -0.278 e. The molecule has 2 aromatic rings. The lowest BCUT2D eigenvalue weighted by molar-refractivity contribution is 0.833. The summed E-state index contributed by atoms with van der Waals surface area (Å²) in [7, 11) is 0. The van der Waals surface area contributed by atoms with Crippen molar-refractivity contribution in [3.05, 3.63) is 41.2 Å². The number of hydrogen-bond donors (Lipinski definition) is 1. The highest BCUT2D eigenvalue weighted by Gasteiger charge is 2.02. The quantitative estimate of drug-likeness (QED) is 0.533. The van der Waals surface area contributed by atoms with Crippen LogP contribution < -0.4 is 5.43 Å². The molecule has 0 fully saturated rings. The van der Waals surface area contributed by atoms with Gasteiger partial charge in [-0.2, -0.15) is 10.2 Å². The van der Waals surface area contributed by atoms with Crippen molar-refractivity contribution in [2.24, 2.45) is 5.10 Å². The van der Waals surface area contributed by atoms with Crippen molar-refractivity contribution in [3.63, 3.8) is 0 Å². The van der Waals surface area contributed by atoms with Crippen molar-refractivity contribution < 1.29 is 0 Å². The van der Waals surface area contributed by atoms with Gasteiger partial charge in [0.15, 0.2) is 0 Å². The number of aromatic nitrogens is 3. The normalized spacial score (nSPS) is 11.4. The number of halogens is 1. The number of hydrogen-bond acceptors (Lipinski definition) is 6. The molecule has 1 heterocycles. The van der Waals surface area contributed by atoms with Crippen LogP contribution in [0, 0.1) is 0 Å². The summed E-state index contributed by atoms with van der Waals surface area (Å²) in [6, 6.07) is 7.30. The van der Waals surface area contributed by atoms with E-state index in [2.05, 4.69) is 25.7 Å². The first-order valence-electron chi connectivity index (χ1n) is 5.49. The first-order valence-corrected chi connectivity index (χ1v) is 7.09. The van der Waals surface area contributed by atoms with Gasteiger partial charge in [-0.25, -0.2) is 4.98 Å². The molecule has 1 aromatic heterocycles. The third-order valence-electron chi connectivity index (χ3n) is 2.29. The molecule has 5 nitrogen and oxygen atoms in total. The van der Waals surface area contributed by atoms with E-state index in [-0.39, 0.29) is 0 Å². The summed E-state index contributed by atoms with van der Waals surface area (Å²) >= 11 is 7.25. The molecule has 0 atom stereocenters. The molecule has 0 aliphatic rings. The van der Waals surface area contributed by atoms with Gasteiger partial charge in [0.25, 0.3) is 0 Å². The van der Waals surface area contributed by atoms with E-state index in [0.717, 1.165) is 11.4 Å².